The van der Waals surface area contributed by atoms with Gasteiger partial charge in [-0.1, -0.05) is 5.92 Å². The predicted octanol–water partition coefficient (Wildman–Crippen LogP) is 1.99. The summed E-state index contributed by atoms with van der Waals surface area (Å²) in [7, 11) is 0. The number of nitrogens with zero attached hydrogens (tertiary/aromatic N) is 1. The third-order valence-electron chi connectivity index (χ3n) is 2.54. The number of anilines is 1. The number of rotatable bonds is 2. The fraction of sp³-hybridized carbons (Fsp3) is 0.250. The van der Waals surface area contributed by atoms with Crippen molar-refractivity contribution in [1.82, 2.24) is 0 Å². The number of hydrogen-bond donors (Lipinski definition) is 0. The maximum atomic E-state index is 13.3. The van der Waals surface area contributed by atoms with Gasteiger partial charge in [0.1, 0.15) is 30.5 Å². The Kier molecular flexibility index (Phi) is 3.34. The Hall–Kier alpha value is -1.54. The van der Waals surface area contributed by atoms with Crippen LogP contribution in [0.2, 0.25) is 0 Å². The molecule has 1 aliphatic heterocycles. The lowest BCUT2D eigenvalue weighted by molar-refractivity contribution is -0.109. The van der Waals surface area contributed by atoms with E-state index >= 15 is 0 Å². The molecule has 0 fully saturated rings. The van der Waals surface area contributed by atoms with E-state index < -0.39 is 11.9 Å². The normalized spacial score (nSPS) is 17.9. The highest BCUT2D eigenvalue weighted by Gasteiger charge is 2.27. The Morgan fingerprint density at radius 1 is 1.71 bits per heavy atom. The summed E-state index contributed by atoms with van der Waals surface area (Å²) in [5.41, 5.74) is 0.625. The van der Waals surface area contributed by atoms with Crippen molar-refractivity contribution in [2.45, 2.75) is 6.04 Å². The number of carbonyl (C=O) groups excluding carboxylic acids is 1. The van der Waals surface area contributed by atoms with Crippen molar-refractivity contribution in [2.75, 3.05) is 18.1 Å². The van der Waals surface area contributed by atoms with Crippen LogP contribution in [0, 0.1) is 18.2 Å². The van der Waals surface area contributed by atoms with E-state index in [9.17, 15) is 9.18 Å². The van der Waals surface area contributed by atoms with Gasteiger partial charge < -0.3 is 14.4 Å². The van der Waals surface area contributed by atoms with Gasteiger partial charge in [-0.05, 0) is 22.0 Å². The summed E-state index contributed by atoms with van der Waals surface area (Å²) in [6, 6.07) is 2.41. The van der Waals surface area contributed by atoms with E-state index in [2.05, 4.69) is 21.9 Å². The first kappa shape index (κ1) is 11.9. The molecule has 1 aromatic carbocycles. The number of terminal acetylenes is 1. The summed E-state index contributed by atoms with van der Waals surface area (Å²) in [5, 5.41) is 0. The van der Waals surface area contributed by atoms with Gasteiger partial charge in [-0.25, -0.2) is 4.39 Å². The fourth-order valence-electron chi connectivity index (χ4n) is 1.72. The molecular formula is C12H9BrFNO2. The quantitative estimate of drug-likeness (QED) is 0.618. The molecule has 0 aliphatic carbocycles. The maximum Gasteiger partial charge on any atom is 0.145 e. The molecule has 3 nitrogen and oxygen atoms in total. The Morgan fingerprint density at radius 2 is 2.47 bits per heavy atom. The van der Waals surface area contributed by atoms with Crippen molar-refractivity contribution in [3.05, 3.63) is 22.4 Å². The molecule has 2 rings (SSSR count). The number of ether oxygens (including phenoxy) is 1. The topological polar surface area (TPSA) is 29.5 Å². The fourth-order valence-corrected chi connectivity index (χ4v) is 2.05. The zero-order chi connectivity index (χ0) is 12.4. The number of carbonyl (C=O) groups is 1. The number of benzene rings is 1. The molecule has 0 saturated heterocycles. The van der Waals surface area contributed by atoms with Gasteiger partial charge in [0, 0.05) is 6.07 Å². The summed E-state index contributed by atoms with van der Waals surface area (Å²) in [6.45, 7) is 0.455. The Labute approximate surface area is 107 Å². The van der Waals surface area contributed by atoms with Crippen molar-refractivity contribution in [1.29, 1.82) is 0 Å². The summed E-state index contributed by atoms with van der Waals surface area (Å²) in [5.74, 6) is 2.47. The number of hydrogen-bond acceptors (Lipinski definition) is 3. The molecule has 0 radical (unpaired) electrons. The van der Waals surface area contributed by atoms with Crippen molar-refractivity contribution < 1.29 is 13.9 Å². The van der Waals surface area contributed by atoms with E-state index in [1.165, 1.54) is 6.07 Å². The number of halogens is 2. The molecule has 0 amide bonds. The molecule has 0 N–H and O–H groups in total. The second-order valence-electron chi connectivity index (χ2n) is 3.58. The average molecular weight is 298 g/mol. The molecular weight excluding hydrogens is 289 g/mol. The first-order valence-electron chi connectivity index (χ1n) is 4.94. The largest absolute Gasteiger partial charge is 0.489 e. The minimum atomic E-state index is -0.434. The van der Waals surface area contributed by atoms with Crippen molar-refractivity contribution >= 4 is 27.9 Å². The average Bonchev–Trinajstić information content (AvgIpc) is 2.32. The molecule has 0 bridgehead atoms. The molecule has 0 aromatic heterocycles. The minimum Gasteiger partial charge on any atom is -0.489 e. The van der Waals surface area contributed by atoms with Gasteiger partial charge in [0.15, 0.2) is 0 Å². The van der Waals surface area contributed by atoms with E-state index in [4.69, 9.17) is 11.2 Å². The molecule has 0 saturated carbocycles. The maximum absolute atomic E-state index is 13.3. The van der Waals surface area contributed by atoms with Crippen LogP contribution in [0.1, 0.15) is 0 Å². The van der Waals surface area contributed by atoms with Gasteiger partial charge in [0.2, 0.25) is 0 Å². The van der Waals surface area contributed by atoms with E-state index in [1.807, 2.05) is 0 Å². The van der Waals surface area contributed by atoms with Crippen LogP contribution in [-0.4, -0.2) is 25.5 Å². The van der Waals surface area contributed by atoms with E-state index in [0.29, 0.717) is 15.9 Å². The van der Waals surface area contributed by atoms with Crippen LogP contribution in [0.3, 0.4) is 0 Å². The molecule has 0 spiro atoms. The van der Waals surface area contributed by atoms with Crippen molar-refractivity contribution in [3.8, 4) is 18.1 Å². The molecule has 88 valence electrons. The Bertz CT molecular complexity index is 498. The van der Waals surface area contributed by atoms with Crippen LogP contribution in [0.5, 0.6) is 5.75 Å². The second-order valence-corrected chi connectivity index (χ2v) is 4.43. The summed E-state index contributed by atoms with van der Waals surface area (Å²) >= 11 is 3.10. The van der Waals surface area contributed by atoms with Gasteiger partial charge >= 0.3 is 0 Å². The number of fused-ring (bicyclic) bond motifs is 1. The lowest BCUT2D eigenvalue weighted by Gasteiger charge is -2.34. The summed E-state index contributed by atoms with van der Waals surface area (Å²) < 4.78 is 19.0. The first-order chi connectivity index (χ1) is 8.17. The SMILES string of the molecule is C#CCN1c2cc(Br)c(F)cc2OCC1C=O. The van der Waals surface area contributed by atoms with Gasteiger partial charge in [0.05, 0.1) is 16.7 Å². The summed E-state index contributed by atoms with van der Waals surface area (Å²) in [6.07, 6.45) is 6.04. The van der Waals surface area contributed by atoms with Gasteiger partial charge in [0.25, 0.3) is 0 Å². The highest BCUT2D eigenvalue weighted by molar-refractivity contribution is 9.10. The van der Waals surface area contributed by atoms with Crippen LogP contribution in [0.4, 0.5) is 10.1 Å². The van der Waals surface area contributed by atoms with Crippen LogP contribution in [0.25, 0.3) is 0 Å². The van der Waals surface area contributed by atoms with E-state index in [0.717, 1.165) is 6.29 Å². The molecule has 1 aromatic rings. The molecule has 1 aliphatic rings. The van der Waals surface area contributed by atoms with Crippen molar-refractivity contribution in [2.24, 2.45) is 0 Å². The lowest BCUT2D eigenvalue weighted by Crippen LogP contribution is -2.44. The standard InChI is InChI=1S/C12H9BrFNO2/c1-2-3-15-8(6-16)7-17-12-5-10(14)9(13)4-11(12)15/h1,4-6,8H,3,7H2. The second kappa shape index (κ2) is 4.76. The molecule has 17 heavy (non-hydrogen) atoms. The Balaban J connectivity index is 2.48. The highest BCUT2D eigenvalue weighted by atomic mass is 79.9. The van der Waals surface area contributed by atoms with Gasteiger partial charge in [-0.15, -0.1) is 6.42 Å². The van der Waals surface area contributed by atoms with Crippen LogP contribution >= 0.6 is 15.9 Å². The Morgan fingerprint density at radius 3 is 3.12 bits per heavy atom. The van der Waals surface area contributed by atoms with Crippen molar-refractivity contribution in [3.63, 3.8) is 0 Å². The third kappa shape index (κ3) is 2.13. The zero-order valence-corrected chi connectivity index (χ0v) is 10.4. The number of aldehydes is 1. The van der Waals surface area contributed by atoms with Gasteiger partial charge in [-0.3, -0.25) is 0 Å². The summed E-state index contributed by atoms with van der Waals surface area (Å²) in [4.78, 5) is 12.6. The third-order valence-corrected chi connectivity index (χ3v) is 3.15. The van der Waals surface area contributed by atoms with Gasteiger partial charge in [-0.2, -0.15) is 0 Å². The predicted molar refractivity (Wildman–Crippen MR) is 65.6 cm³/mol. The van der Waals surface area contributed by atoms with Crippen LogP contribution in [-0.2, 0) is 4.79 Å². The van der Waals surface area contributed by atoms with E-state index in [-0.39, 0.29) is 13.2 Å². The highest BCUT2D eigenvalue weighted by Crippen LogP contribution is 2.37. The van der Waals surface area contributed by atoms with E-state index in [1.54, 1.807) is 11.0 Å². The van der Waals surface area contributed by atoms with Crippen LogP contribution < -0.4 is 9.64 Å². The molecule has 1 atom stereocenters. The smallest absolute Gasteiger partial charge is 0.145 e. The van der Waals surface area contributed by atoms with Crippen LogP contribution in [0.15, 0.2) is 16.6 Å². The monoisotopic (exact) mass is 297 g/mol. The lowest BCUT2D eigenvalue weighted by atomic mass is 10.1. The first-order valence-corrected chi connectivity index (χ1v) is 5.74. The molecule has 5 heteroatoms. The molecule has 1 heterocycles. The minimum absolute atomic E-state index is 0.180. The zero-order valence-electron chi connectivity index (χ0n) is 8.82. The molecule has 1 unspecified atom stereocenters.